The number of carboxylic acid groups (broad SMARTS) is 2. The molecule has 0 spiro atoms. The zero-order chi connectivity index (χ0) is 70.3. The van der Waals surface area contributed by atoms with Crippen molar-refractivity contribution in [1.82, 2.24) is 53.2 Å². The van der Waals surface area contributed by atoms with Gasteiger partial charge in [-0.1, -0.05) is 84.6 Å². The van der Waals surface area contributed by atoms with Crippen LogP contribution < -0.4 is 64.6 Å². The summed E-state index contributed by atoms with van der Waals surface area (Å²) in [6.45, 7) is 4.20. The van der Waals surface area contributed by atoms with Gasteiger partial charge in [0, 0.05) is 6.54 Å². The molecule has 36 heteroatoms. The number of hydrogen-bond acceptors (Lipinski definition) is 23. The summed E-state index contributed by atoms with van der Waals surface area (Å²) in [6, 6.07) is -16.8. The van der Waals surface area contributed by atoms with Gasteiger partial charge in [-0.25, -0.2) is 14.4 Å². The first-order valence-corrected chi connectivity index (χ1v) is 31.3. The number of aliphatic hydroxyl groups is 4. The number of nitrogens with two attached hydrogens (primary N) is 2. The van der Waals surface area contributed by atoms with Crippen molar-refractivity contribution in [1.29, 1.82) is 0 Å². The van der Waals surface area contributed by atoms with E-state index in [0.717, 1.165) is 64.4 Å². The van der Waals surface area contributed by atoms with Crippen molar-refractivity contribution in [3.8, 4) is 0 Å². The van der Waals surface area contributed by atoms with E-state index in [2.05, 4.69) is 54.8 Å². The molecule has 93 heavy (non-hydrogen) atoms. The zero-order valence-corrected chi connectivity index (χ0v) is 53.8. The van der Waals surface area contributed by atoms with Crippen LogP contribution in [-0.2, 0) is 76.5 Å². The number of carbonyl (C=O) groups excluding carboxylic acids is 12. The zero-order valence-electron chi connectivity index (χ0n) is 53.0. The molecule has 1 fully saturated rings. The van der Waals surface area contributed by atoms with Crippen LogP contribution in [0.3, 0.4) is 0 Å². The van der Waals surface area contributed by atoms with E-state index in [9.17, 15) is 97.8 Å². The van der Waals surface area contributed by atoms with Gasteiger partial charge in [0.05, 0.1) is 43.0 Å². The van der Waals surface area contributed by atoms with E-state index in [1.807, 2.05) is 5.32 Å². The summed E-state index contributed by atoms with van der Waals surface area (Å²) in [6.07, 6.45) is -2.97. The monoisotopic (exact) mass is 1350 g/mol. The Balaban J connectivity index is 4.19. The van der Waals surface area contributed by atoms with Gasteiger partial charge in [0.2, 0.25) is 54.1 Å². The summed E-state index contributed by atoms with van der Waals surface area (Å²) in [7, 11) is 0. The molecule has 0 radical (unpaired) electrons. The molecule has 35 nitrogen and oxygen atoms in total. The molecule has 528 valence electrons. The van der Waals surface area contributed by atoms with E-state index in [0.29, 0.717) is 6.42 Å². The lowest BCUT2D eigenvalue weighted by Crippen LogP contribution is -2.63. The Kier molecular flexibility index (Phi) is 40.7. The van der Waals surface area contributed by atoms with Gasteiger partial charge in [0.25, 0.3) is 5.91 Å². The SMILES string of the molecule is C/C=C1/NC(=O)C([C@H](C)O)NC(=O)[C@H](CCN)NC(=O)C([C@H](O)C(=O)O)NC(=O)C(CCCCN)NC(=O)[C@H](CC(=O)O)NC(=O)C(CCNC(=O)OCOC(=O)C(C)C)NC(=O)C(NC(=O)C[C@H](O)CCCCCCCCCCC)COC(=O)C([C@H](O)CCl)NC1=O. The lowest BCUT2D eigenvalue weighted by atomic mass is 10.0. The number of rotatable bonds is 32. The topological polar surface area (TPSA) is 560 Å². The molecule has 0 saturated carbocycles. The third-order valence-electron chi connectivity index (χ3n) is 14.1. The number of alkyl carbamates (subject to hydrolysis) is 1. The van der Waals surface area contributed by atoms with Crippen LogP contribution in [0.25, 0.3) is 0 Å². The second-order valence-electron chi connectivity index (χ2n) is 22.2. The first-order valence-electron chi connectivity index (χ1n) is 30.7. The number of amides is 10. The minimum absolute atomic E-state index is 0.00792. The van der Waals surface area contributed by atoms with Crippen LogP contribution in [0.15, 0.2) is 11.8 Å². The number of allylic oxidation sites excluding steroid dienone is 1. The van der Waals surface area contributed by atoms with Crippen molar-refractivity contribution in [2.45, 2.75) is 217 Å². The van der Waals surface area contributed by atoms with Crippen molar-refractivity contribution >= 4 is 94.7 Å². The third-order valence-corrected chi connectivity index (χ3v) is 14.4. The number of carboxylic acids is 2. The highest BCUT2D eigenvalue weighted by molar-refractivity contribution is 6.18. The van der Waals surface area contributed by atoms with Gasteiger partial charge in [-0.2, -0.15) is 0 Å². The number of cyclic esters (lactones) is 1. The molecule has 1 saturated heterocycles. The Morgan fingerprint density at radius 3 is 1.75 bits per heavy atom. The summed E-state index contributed by atoms with van der Waals surface area (Å²) in [5, 5.41) is 84.8. The van der Waals surface area contributed by atoms with Gasteiger partial charge >= 0.3 is 30.0 Å². The molecule has 1 aliphatic rings. The van der Waals surface area contributed by atoms with Crippen LogP contribution >= 0.6 is 11.6 Å². The summed E-state index contributed by atoms with van der Waals surface area (Å²) in [5.74, 6) is -19.9. The second kappa shape index (κ2) is 45.5. The average molecular weight is 1350 g/mol. The van der Waals surface area contributed by atoms with E-state index < -0.39 is 232 Å². The Morgan fingerprint density at radius 1 is 0.645 bits per heavy atom. The lowest BCUT2D eigenvalue weighted by molar-refractivity contribution is -0.156. The Morgan fingerprint density at radius 2 is 1.19 bits per heavy atom. The number of nitrogens with one attached hydrogen (secondary N) is 10. The van der Waals surface area contributed by atoms with E-state index in [1.165, 1.54) is 20.8 Å². The molecule has 1 heterocycles. The number of unbranched alkanes of at least 4 members (excludes halogenated alkanes) is 9. The fraction of sp³-hybridized carbons (Fsp3) is 0.719. The number of ether oxygens (including phenoxy) is 3. The smallest absolute Gasteiger partial charge is 0.410 e. The quantitative estimate of drug-likeness (QED) is 0.00997. The van der Waals surface area contributed by atoms with Crippen LogP contribution in [0, 0.1) is 5.92 Å². The summed E-state index contributed by atoms with van der Waals surface area (Å²) in [5.41, 5.74) is 10.7. The van der Waals surface area contributed by atoms with Gasteiger partial charge < -0.3 is 109 Å². The average Bonchev–Trinajstić information content (AvgIpc) is 0.937. The second-order valence-corrected chi connectivity index (χ2v) is 22.5. The van der Waals surface area contributed by atoms with Crippen molar-refractivity contribution in [3.63, 3.8) is 0 Å². The minimum atomic E-state index is -2.82. The predicted molar refractivity (Wildman–Crippen MR) is 327 cm³/mol. The molecule has 6 unspecified atom stereocenters. The summed E-state index contributed by atoms with van der Waals surface area (Å²) in [4.78, 5) is 189. The van der Waals surface area contributed by atoms with Crippen molar-refractivity contribution in [3.05, 3.63) is 11.8 Å². The number of halogens is 1. The fourth-order valence-electron chi connectivity index (χ4n) is 8.74. The van der Waals surface area contributed by atoms with Crippen molar-refractivity contribution < 1.29 is 112 Å². The molecule has 1 rings (SSSR count). The van der Waals surface area contributed by atoms with Crippen LogP contribution in [0.2, 0.25) is 0 Å². The third kappa shape index (κ3) is 32.5. The normalized spacial score (nSPS) is 23.0. The maximum atomic E-state index is 14.5. The molecular weight excluding hydrogens is 1260 g/mol. The maximum Gasteiger partial charge on any atom is 0.410 e. The first-order chi connectivity index (χ1) is 44.0. The molecule has 0 aromatic heterocycles. The van der Waals surface area contributed by atoms with Gasteiger partial charge in [-0.05, 0) is 65.5 Å². The van der Waals surface area contributed by atoms with E-state index in [1.54, 1.807) is 0 Å². The van der Waals surface area contributed by atoms with E-state index >= 15 is 0 Å². The van der Waals surface area contributed by atoms with Crippen LogP contribution in [0.4, 0.5) is 4.79 Å². The predicted octanol–water partition coefficient (Wildman–Crippen LogP) is -4.24. The molecule has 20 N–H and O–H groups in total. The van der Waals surface area contributed by atoms with Gasteiger partial charge in [0.15, 0.2) is 12.1 Å². The summed E-state index contributed by atoms with van der Waals surface area (Å²) < 4.78 is 15.0. The number of carbonyl (C=O) groups is 14. The van der Waals surface area contributed by atoms with Gasteiger partial charge in [0.1, 0.15) is 54.6 Å². The maximum absolute atomic E-state index is 14.5. The molecular formula is C57H95ClN12O23. The standard InChI is InChI=1S/C57H95ClN12O23/c1-6-8-9-10-11-12-13-14-15-18-32(72)25-40(74)62-38-28-91-56(89)43(39(73)27-58)69-46(78)33(7-2)63-52(84)42(31(5)71)68-49(81)35(20-23-60)66-53(85)44(45(77)54(86)87)70-48(80)34(19-16-17-22-59)64-50(82)37(26-41(75)76)67-47(79)36(65-51(38)83)21-24-61-57(90)93-29-92-55(88)30(3)4/h7,30-32,34-39,42-45,71-73,77H,6,8-29,59-60H2,1-5H3,(H,61,90)(H,62,74)(H,63,84)(H,64,82)(H,65,83)(H,66,85)(H,67,79)(H,68,81)(H,69,78)(H,70,80)(H,75,76)(H,86,87)/b33-7+/t31-,32+,34?,35-,36?,37-,38?,39+,42?,43?,44?,45-/m0/s1. The van der Waals surface area contributed by atoms with E-state index in [4.69, 9.17) is 37.3 Å². The van der Waals surface area contributed by atoms with Crippen molar-refractivity contribution in [2.24, 2.45) is 17.4 Å². The Labute approximate surface area is 542 Å². The van der Waals surface area contributed by atoms with Gasteiger partial charge in [-0.15, -0.1) is 11.6 Å². The number of esters is 2. The van der Waals surface area contributed by atoms with Crippen molar-refractivity contribution in [2.75, 3.05) is 38.9 Å². The Bertz CT molecular complexity index is 2530. The molecule has 12 atom stereocenters. The number of aliphatic carboxylic acids is 2. The molecule has 0 bridgehead atoms. The van der Waals surface area contributed by atoms with Crippen LogP contribution in [0.1, 0.15) is 144 Å². The first kappa shape index (κ1) is 83.2. The molecule has 1 aliphatic heterocycles. The van der Waals surface area contributed by atoms with Crippen LogP contribution in [0.5, 0.6) is 0 Å². The molecule has 0 aromatic carbocycles. The van der Waals surface area contributed by atoms with Gasteiger partial charge in [-0.3, -0.25) is 52.7 Å². The number of hydrogen-bond donors (Lipinski definition) is 18. The molecule has 0 aliphatic carbocycles. The highest BCUT2D eigenvalue weighted by Crippen LogP contribution is 2.14. The molecule has 0 aromatic rings. The highest BCUT2D eigenvalue weighted by Gasteiger charge is 2.40. The fourth-order valence-corrected chi connectivity index (χ4v) is 8.92. The largest absolute Gasteiger partial charge is 0.481 e. The number of aliphatic hydroxyl groups excluding tert-OH is 4. The minimum Gasteiger partial charge on any atom is -0.481 e. The Hall–Kier alpha value is -7.83. The number of alkyl halides is 1. The summed E-state index contributed by atoms with van der Waals surface area (Å²) >= 11 is 5.93. The highest BCUT2D eigenvalue weighted by atomic mass is 35.5. The lowest BCUT2D eigenvalue weighted by Gasteiger charge is -2.29. The molecule has 10 amide bonds. The van der Waals surface area contributed by atoms with E-state index in [-0.39, 0.29) is 25.8 Å². The van der Waals surface area contributed by atoms with Crippen LogP contribution in [-0.4, -0.2) is 225 Å².